The summed E-state index contributed by atoms with van der Waals surface area (Å²) in [5, 5.41) is 3.01. The molecule has 0 aliphatic carbocycles. The summed E-state index contributed by atoms with van der Waals surface area (Å²) in [4.78, 5) is 28.9. The first kappa shape index (κ1) is 13.4. The third-order valence-corrected chi connectivity index (χ3v) is 4.49. The van der Waals surface area contributed by atoms with Gasteiger partial charge in [0.15, 0.2) is 0 Å². The highest BCUT2D eigenvalue weighted by molar-refractivity contribution is 9.10. The lowest BCUT2D eigenvalue weighted by Crippen LogP contribution is -2.38. The molecule has 0 spiro atoms. The maximum Gasteiger partial charge on any atom is 0.324 e. The standard InChI is InChI=1S/C11H12BrN3O2S/c1-7(10(16)15-6-5-14-11(15)17)18-9-8(12)3-2-4-13-9/h2-4,7H,5-6H2,1H3,(H,14,17)/t7-/m0/s1. The molecule has 18 heavy (non-hydrogen) atoms. The number of pyridine rings is 1. The molecule has 1 aromatic rings. The van der Waals surface area contributed by atoms with Gasteiger partial charge in [0.05, 0.1) is 5.25 Å². The highest BCUT2D eigenvalue weighted by Gasteiger charge is 2.30. The van der Waals surface area contributed by atoms with E-state index in [0.717, 1.165) is 9.50 Å². The third-order valence-electron chi connectivity index (χ3n) is 2.48. The van der Waals surface area contributed by atoms with Crippen molar-refractivity contribution in [3.63, 3.8) is 0 Å². The smallest absolute Gasteiger partial charge is 0.324 e. The Hall–Kier alpha value is -1.08. The Morgan fingerprint density at radius 3 is 3.06 bits per heavy atom. The topological polar surface area (TPSA) is 62.3 Å². The quantitative estimate of drug-likeness (QED) is 0.860. The second-order valence-corrected chi connectivity index (χ2v) is 5.96. The first-order valence-corrected chi connectivity index (χ1v) is 7.13. The monoisotopic (exact) mass is 329 g/mol. The summed E-state index contributed by atoms with van der Waals surface area (Å²) in [6, 6.07) is 3.37. The maximum atomic E-state index is 12.1. The van der Waals surface area contributed by atoms with E-state index in [1.807, 2.05) is 12.1 Å². The van der Waals surface area contributed by atoms with E-state index in [-0.39, 0.29) is 17.2 Å². The van der Waals surface area contributed by atoms with Crippen molar-refractivity contribution in [2.45, 2.75) is 17.2 Å². The lowest BCUT2D eigenvalue weighted by atomic mass is 10.4. The summed E-state index contributed by atoms with van der Waals surface area (Å²) >= 11 is 4.72. The average Bonchev–Trinajstić information content (AvgIpc) is 2.77. The fourth-order valence-electron chi connectivity index (χ4n) is 1.58. The van der Waals surface area contributed by atoms with Crippen LogP contribution < -0.4 is 5.32 Å². The zero-order valence-corrected chi connectivity index (χ0v) is 12.1. The lowest BCUT2D eigenvalue weighted by molar-refractivity contribution is -0.126. The predicted molar refractivity (Wildman–Crippen MR) is 72.4 cm³/mol. The van der Waals surface area contributed by atoms with Gasteiger partial charge in [0.2, 0.25) is 5.91 Å². The van der Waals surface area contributed by atoms with E-state index in [0.29, 0.717) is 13.1 Å². The molecule has 1 aliphatic rings. The number of nitrogens with one attached hydrogen (secondary N) is 1. The zero-order valence-electron chi connectivity index (χ0n) is 9.72. The molecule has 0 saturated carbocycles. The number of rotatable bonds is 3. The van der Waals surface area contributed by atoms with E-state index >= 15 is 0 Å². The van der Waals surface area contributed by atoms with Crippen LogP contribution in [0.1, 0.15) is 6.92 Å². The highest BCUT2D eigenvalue weighted by atomic mass is 79.9. The van der Waals surface area contributed by atoms with Gasteiger partial charge < -0.3 is 5.32 Å². The van der Waals surface area contributed by atoms with Gasteiger partial charge >= 0.3 is 6.03 Å². The summed E-state index contributed by atoms with van der Waals surface area (Å²) in [6.07, 6.45) is 1.67. The maximum absolute atomic E-state index is 12.1. The van der Waals surface area contributed by atoms with Gasteiger partial charge in [-0.1, -0.05) is 11.8 Å². The van der Waals surface area contributed by atoms with Crippen molar-refractivity contribution in [1.29, 1.82) is 0 Å². The van der Waals surface area contributed by atoms with E-state index in [4.69, 9.17) is 0 Å². The molecular weight excluding hydrogens is 318 g/mol. The van der Waals surface area contributed by atoms with Gasteiger partial charge in [-0.15, -0.1) is 0 Å². The second-order valence-electron chi connectivity index (χ2n) is 3.77. The number of carbonyl (C=O) groups is 2. The van der Waals surface area contributed by atoms with Crippen LogP contribution in [0.15, 0.2) is 27.8 Å². The highest BCUT2D eigenvalue weighted by Crippen LogP contribution is 2.29. The number of aromatic nitrogens is 1. The summed E-state index contributed by atoms with van der Waals surface area (Å²) in [6.45, 7) is 2.74. The van der Waals surface area contributed by atoms with Crippen molar-refractivity contribution in [1.82, 2.24) is 15.2 Å². The number of thioether (sulfide) groups is 1. The van der Waals surface area contributed by atoms with Crippen LogP contribution in [-0.2, 0) is 4.79 Å². The molecule has 1 fully saturated rings. The molecule has 2 rings (SSSR count). The minimum Gasteiger partial charge on any atom is -0.336 e. The molecule has 96 valence electrons. The molecule has 7 heteroatoms. The lowest BCUT2D eigenvalue weighted by Gasteiger charge is -2.17. The molecule has 1 N–H and O–H groups in total. The molecule has 3 amide bonds. The number of hydrogen-bond donors (Lipinski definition) is 1. The van der Waals surface area contributed by atoms with Gasteiger partial charge in [0.1, 0.15) is 5.03 Å². The van der Waals surface area contributed by atoms with Crippen molar-refractivity contribution in [3.8, 4) is 0 Å². The van der Waals surface area contributed by atoms with E-state index < -0.39 is 0 Å². The first-order chi connectivity index (χ1) is 8.59. The van der Waals surface area contributed by atoms with Crippen LogP contribution in [0.2, 0.25) is 0 Å². The molecule has 1 aromatic heterocycles. The second kappa shape index (κ2) is 5.71. The number of carbonyl (C=O) groups excluding carboxylic acids is 2. The van der Waals surface area contributed by atoms with Crippen molar-refractivity contribution in [3.05, 3.63) is 22.8 Å². The van der Waals surface area contributed by atoms with Gasteiger partial charge in [-0.3, -0.25) is 9.69 Å². The van der Waals surface area contributed by atoms with Crippen LogP contribution in [-0.4, -0.2) is 40.2 Å². The van der Waals surface area contributed by atoms with Crippen LogP contribution in [0, 0.1) is 0 Å². The zero-order chi connectivity index (χ0) is 13.1. The molecule has 1 atom stereocenters. The Morgan fingerprint density at radius 1 is 1.67 bits per heavy atom. The molecular formula is C11H12BrN3O2S. The SMILES string of the molecule is C[C@H](Sc1ncccc1Br)C(=O)N1CCNC1=O. The van der Waals surface area contributed by atoms with Crippen LogP contribution in [0.4, 0.5) is 4.79 Å². The fourth-order valence-corrected chi connectivity index (χ4v) is 2.98. The molecule has 2 heterocycles. The van der Waals surface area contributed by atoms with E-state index in [1.54, 1.807) is 13.1 Å². The fraction of sp³-hybridized carbons (Fsp3) is 0.364. The minimum atomic E-state index is -0.347. The number of urea groups is 1. The van der Waals surface area contributed by atoms with Crippen LogP contribution >= 0.6 is 27.7 Å². The molecule has 0 radical (unpaired) electrons. The number of imide groups is 1. The Balaban J connectivity index is 2.04. The van der Waals surface area contributed by atoms with Crippen LogP contribution in [0.3, 0.4) is 0 Å². The van der Waals surface area contributed by atoms with E-state index in [2.05, 4.69) is 26.2 Å². The van der Waals surface area contributed by atoms with E-state index in [1.165, 1.54) is 16.7 Å². The minimum absolute atomic E-state index is 0.187. The average molecular weight is 330 g/mol. The predicted octanol–water partition coefficient (Wildman–Crippen LogP) is 1.88. The van der Waals surface area contributed by atoms with Gasteiger partial charge in [-0.25, -0.2) is 9.78 Å². The van der Waals surface area contributed by atoms with Crippen molar-refractivity contribution in [2.24, 2.45) is 0 Å². The largest absolute Gasteiger partial charge is 0.336 e. The Morgan fingerprint density at radius 2 is 2.44 bits per heavy atom. The molecule has 0 aromatic carbocycles. The van der Waals surface area contributed by atoms with Gasteiger partial charge in [-0.05, 0) is 35.0 Å². The summed E-state index contributed by atoms with van der Waals surface area (Å²) < 4.78 is 0.848. The van der Waals surface area contributed by atoms with Gasteiger partial charge in [-0.2, -0.15) is 0 Å². The first-order valence-electron chi connectivity index (χ1n) is 5.46. The molecule has 1 aliphatic heterocycles. The van der Waals surface area contributed by atoms with E-state index in [9.17, 15) is 9.59 Å². The Kier molecular flexibility index (Phi) is 4.23. The number of amides is 3. The van der Waals surface area contributed by atoms with Crippen LogP contribution in [0.5, 0.6) is 0 Å². The third kappa shape index (κ3) is 2.84. The number of hydrogen-bond acceptors (Lipinski definition) is 4. The molecule has 1 saturated heterocycles. The van der Waals surface area contributed by atoms with Crippen molar-refractivity contribution >= 4 is 39.6 Å². The molecule has 5 nitrogen and oxygen atoms in total. The Labute approximate surface area is 117 Å². The summed E-state index contributed by atoms with van der Waals surface area (Å²) in [7, 11) is 0. The van der Waals surface area contributed by atoms with Crippen LogP contribution in [0.25, 0.3) is 0 Å². The number of halogens is 1. The normalized spacial score (nSPS) is 16.6. The molecule has 0 bridgehead atoms. The van der Waals surface area contributed by atoms with Gasteiger partial charge in [0.25, 0.3) is 0 Å². The summed E-state index contributed by atoms with van der Waals surface area (Å²) in [5.41, 5.74) is 0. The molecule has 0 unspecified atom stereocenters. The Bertz CT molecular complexity index is 483. The van der Waals surface area contributed by atoms with Crippen molar-refractivity contribution < 1.29 is 9.59 Å². The van der Waals surface area contributed by atoms with Gasteiger partial charge in [0, 0.05) is 23.8 Å². The number of nitrogens with zero attached hydrogens (tertiary/aromatic N) is 2. The summed E-state index contributed by atoms with van der Waals surface area (Å²) in [5.74, 6) is -0.187. The van der Waals surface area contributed by atoms with Crippen molar-refractivity contribution in [2.75, 3.05) is 13.1 Å².